The van der Waals surface area contributed by atoms with Crippen molar-refractivity contribution in [2.24, 2.45) is 0 Å². The van der Waals surface area contributed by atoms with Crippen LogP contribution >= 0.6 is 0 Å². The Balaban J connectivity index is 2.36. The minimum Gasteiger partial charge on any atom is -0.256 e. The molecular formula is C16H15N. The summed E-state index contributed by atoms with van der Waals surface area (Å²) >= 11 is 0. The Hall–Kier alpha value is -1.89. The maximum absolute atomic E-state index is 4.55. The standard InChI is InChI=1S/C16H15N/c1-11-4-3-5-14-13(8-11)10-17-16-9-12(2)6-7-15(14)16/h3,5-10H,4H2,1-2H3. The SMILES string of the molecule is CC1=Cc2cnc3cc(C)ccc3c2C=CC1. The van der Waals surface area contributed by atoms with Crippen LogP contribution in [0.3, 0.4) is 0 Å². The van der Waals surface area contributed by atoms with Crippen molar-refractivity contribution in [1.82, 2.24) is 4.98 Å². The third-order valence-electron chi connectivity index (χ3n) is 3.22. The molecule has 1 aromatic carbocycles. The predicted octanol–water partition coefficient (Wildman–Crippen LogP) is 4.36. The van der Waals surface area contributed by atoms with Gasteiger partial charge in [-0.25, -0.2) is 0 Å². The molecule has 0 bridgehead atoms. The van der Waals surface area contributed by atoms with E-state index in [1.54, 1.807) is 0 Å². The van der Waals surface area contributed by atoms with Crippen molar-refractivity contribution in [3.63, 3.8) is 0 Å². The van der Waals surface area contributed by atoms with E-state index in [0.29, 0.717) is 0 Å². The summed E-state index contributed by atoms with van der Waals surface area (Å²) in [6.07, 6.45) is 9.71. The van der Waals surface area contributed by atoms with Gasteiger partial charge in [0.15, 0.2) is 0 Å². The Morgan fingerprint density at radius 1 is 1.18 bits per heavy atom. The minimum absolute atomic E-state index is 1.03. The molecule has 2 aromatic rings. The van der Waals surface area contributed by atoms with E-state index in [2.05, 4.69) is 55.3 Å². The molecule has 3 rings (SSSR count). The molecule has 1 aromatic heterocycles. The Labute approximate surface area is 102 Å². The number of allylic oxidation sites excluding steroid dienone is 2. The number of fused-ring (bicyclic) bond motifs is 3. The number of benzene rings is 1. The predicted molar refractivity (Wildman–Crippen MR) is 73.8 cm³/mol. The molecule has 0 atom stereocenters. The summed E-state index contributed by atoms with van der Waals surface area (Å²) < 4.78 is 0. The van der Waals surface area contributed by atoms with Gasteiger partial charge in [-0.05, 0) is 37.5 Å². The topological polar surface area (TPSA) is 12.9 Å². The first-order valence-electron chi connectivity index (χ1n) is 5.97. The van der Waals surface area contributed by atoms with Crippen molar-refractivity contribution < 1.29 is 0 Å². The van der Waals surface area contributed by atoms with Crippen LogP contribution in [0.25, 0.3) is 23.1 Å². The second-order valence-electron chi connectivity index (χ2n) is 4.75. The van der Waals surface area contributed by atoms with Crippen LogP contribution in [-0.4, -0.2) is 4.98 Å². The summed E-state index contributed by atoms with van der Waals surface area (Å²) in [5.41, 5.74) is 6.25. The van der Waals surface area contributed by atoms with Crippen LogP contribution in [-0.2, 0) is 0 Å². The van der Waals surface area contributed by atoms with Crippen LogP contribution in [0.15, 0.2) is 36.0 Å². The molecule has 1 heterocycles. The van der Waals surface area contributed by atoms with Crippen LogP contribution in [0.5, 0.6) is 0 Å². The second-order valence-corrected chi connectivity index (χ2v) is 4.75. The highest BCUT2D eigenvalue weighted by atomic mass is 14.7. The third-order valence-corrected chi connectivity index (χ3v) is 3.22. The highest BCUT2D eigenvalue weighted by Crippen LogP contribution is 2.27. The fourth-order valence-corrected chi connectivity index (χ4v) is 2.33. The molecule has 1 nitrogen and oxygen atoms in total. The number of aryl methyl sites for hydroxylation is 1. The highest BCUT2D eigenvalue weighted by molar-refractivity contribution is 5.92. The van der Waals surface area contributed by atoms with Gasteiger partial charge in [0, 0.05) is 17.1 Å². The molecular weight excluding hydrogens is 206 g/mol. The molecule has 1 aliphatic rings. The number of aromatic nitrogens is 1. The molecule has 0 fully saturated rings. The average molecular weight is 221 g/mol. The molecule has 0 radical (unpaired) electrons. The summed E-state index contributed by atoms with van der Waals surface area (Å²) in [5.74, 6) is 0. The van der Waals surface area contributed by atoms with Gasteiger partial charge in [-0.15, -0.1) is 0 Å². The summed E-state index contributed by atoms with van der Waals surface area (Å²) in [5, 5.41) is 1.25. The minimum atomic E-state index is 1.03. The number of hydrogen-bond acceptors (Lipinski definition) is 1. The van der Waals surface area contributed by atoms with Gasteiger partial charge in [0.2, 0.25) is 0 Å². The second kappa shape index (κ2) is 3.85. The van der Waals surface area contributed by atoms with Gasteiger partial charge in [-0.3, -0.25) is 4.98 Å². The van der Waals surface area contributed by atoms with Gasteiger partial charge < -0.3 is 0 Å². The maximum atomic E-state index is 4.55. The molecule has 0 saturated carbocycles. The summed E-state index contributed by atoms with van der Waals surface area (Å²) in [4.78, 5) is 4.55. The van der Waals surface area contributed by atoms with Gasteiger partial charge in [0.25, 0.3) is 0 Å². The van der Waals surface area contributed by atoms with E-state index in [9.17, 15) is 0 Å². The van der Waals surface area contributed by atoms with Gasteiger partial charge >= 0.3 is 0 Å². The Morgan fingerprint density at radius 3 is 2.94 bits per heavy atom. The van der Waals surface area contributed by atoms with E-state index < -0.39 is 0 Å². The first-order valence-corrected chi connectivity index (χ1v) is 5.97. The van der Waals surface area contributed by atoms with E-state index in [4.69, 9.17) is 0 Å². The normalized spacial score (nSPS) is 14.4. The number of nitrogens with zero attached hydrogens (tertiary/aromatic N) is 1. The van der Waals surface area contributed by atoms with E-state index in [-0.39, 0.29) is 0 Å². The molecule has 0 unspecified atom stereocenters. The highest BCUT2D eigenvalue weighted by Gasteiger charge is 2.07. The van der Waals surface area contributed by atoms with E-state index in [1.807, 2.05) is 6.20 Å². The smallest absolute Gasteiger partial charge is 0.0711 e. The zero-order chi connectivity index (χ0) is 11.8. The number of rotatable bonds is 0. The Kier molecular flexibility index (Phi) is 2.32. The van der Waals surface area contributed by atoms with Crippen LogP contribution in [0.2, 0.25) is 0 Å². The van der Waals surface area contributed by atoms with Gasteiger partial charge in [-0.2, -0.15) is 0 Å². The molecule has 84 valence electrons. The van der Waals surface area contributed by atoms with Crippen molar-refractivity contribution in [1.29, 1.82) is 0 Å². The van der Waals surface area contributed by atoms with Crippen molar-refractivity contribution in [3.8, 4) is 0 Å². The summed E-state index contributed by atoms with van der Waals surface area (Å²) in [7, 11) is 0. The summed E-state index contributed by atoms with van der Waals surface area (Å²) in [6.45, 7) is 4.27. The van der Waals surface area contributed by atoms with Crippen LogP contribution in [0.1, 0.15) is 30.0 Å². The van der Waals surface area contributed by atoms with Crippen molar-refractivity contribution in [2.75, 3.05) is 0 Å². The van der Waals surface area contributed by atoms with E-state index >= 15 is 0 Å². The lowest BCUT2D eigenvalue weighted by Gasteiger charge is -2.06. The first-order chi connectivity index (χ1) is 8.24. The maximum Gasteiger partial charge on any atom is 0.0711 e. The average Bonchev–Trinajstić information content (AvgIpc) is 2.49. The van der Waals surface area contributed by atoms with Crippen LogP contribution in [0, 0.1) is 6.92 Å². The molecule has 0 spiro atoms. The van der Waals surface area contributed by atoms with E-state index in [1.165, 1.54) is 27.6 Å². The molecule has 0 saturated heterocycles. The zero-order valence-corrected chi connectivity index (χ0v) is 10.2. The van der Waals surface area contributed by atoms with E-state index in [0.717, 1.165) is 11.9 Å². The fourth-order valence-electron chi connectivity index (χ4n) is 2.33. The molecule has 0 N–H and O–H groups in total. The third kappa shape index (κ3) is 1.78. The molecule has 1 aliphatic carbocycles. The molecule has 0 aliphatic heterocycles. The Morgan fingerprint density at radius 2 is 2.06 bits per heavy atom. The number of pyridine rings is 1. The fraction of sp³-hybridized carbons (Fsp3) is 0.188. The summed E-state index contributed by atoms with van der Waals surface area (Å²) in [6, 6.07) is 6.47. The quantitative estimate of drug-likeness (QED) is 0.644. The van der Waals surface area contributed by atoms with Crippen molar-refractivity contribution in [3.05, 3.63) is 52.7 Å². The molecule has 17 heavy (non-hydrogen) atoms. The lowest BCUT2D eigenvalue weighted by Crippen LogP contribution is -1.88. The largest absolute Gasteiger partial charge is 0.256 e. The molecule has 1 heteroatoms. The van der Waals surface area contributed by atoms with Gasteiger partial charge in [0.05, 0.1) is 5.52 Å². The first kappa shape index (κ1) is 10.3. The zero-order valence-electron chi connectivity index (χ0n) is 10.2. The number of hydrogen-bond donors (Lipinski definition) is 0. The van der Waals surface area contributed by atoms with Gasteiger partial charge in [0.1, 0.15) is 0 Å². The van der Waals surface area contributed by atoms with Crippen molar-refractivity contribution >= 4 is 23.1 Å². The van der Waals surface area contributed by atoms with Crippen molar-refractivity contribution in [2.45, 2.75) is 20.3 Å². The lowest BCUT2D eigenvalue weighted by molar-refractivity contribution is 1.24. The molecule has 0 amide bonds. The Bertz CT molecular complexity index is 648. The van der Waals surface area contributed by atoms with Gasteiger partial charge in [-0.1, -0.05) is 35.9 Å². The van der Waals surface area contributed by atoms with Crippen LogP contribution in [0.4, 0.5) is 0 Å². The van der Waals surface area contributed by atoms with Crippen LogP contribution < -0.4 is 0 Å². The monoisotopic (exact) mass is 221 g/mol. The lowest BCUT2D eigenvalue weighted by atomic mass is 10.0.